The molecule has 0 saturated carbocycles. The van der Waals surface area contributed by atoms with Crippen LogP contribution in [0.3, 0.4) is 0 Å². The molecule has 27 heavy (non-hydrogen) atoms. The fourth-order valence-electron chi connectivity index (χ4n) is 2.77. The third kappa shape index (κ3) is 3.39. The van der Waals surface area contributed by atoms with Gasteiger partial charge in [-0.25, -0.2) is 9.07 Å². The fraction of sp³-hybridized carbons (Fsp3) is 0.111. The van der Waals surface area contributed by atoms with E-state index in [4.69, 9.17) is 11.6 Å². The smallest absolute Gasteiger partial charge is 0.252 e. The molecular weight excluding hydrogens is 373 g/mol. The van der Waals surface area contributed by atoms with Crippen molar-refractivity contribution >= 4 is 35.1 Å². The molecule has 2 heterocycles. The highest BCUT2D eigenvalue weighted by atomic mass is 35.5. The number of halogens is 2. The van der Waals surface area contributed by atoms with E-state index < -0.39 is 23.7 Å². The molecule has 1 aliphatic heterocycles. The number of anilines is 2. The van der Waals surface area contributed by atoms with Crippen molar-refractivity contribution in [1.29, 1.82) is 0 Å². The molecule has 136 valence electrons. The van der Waals surface area contributed by atoms with Crippen LogP contribution in [0.1, 0.15) is 12.5 Å². The van der Waals surface area contributed by atoms with Crippen molar-refractivity contribution < 1.29 is 14.0 Å². The van der Waals surface area contributed by atoms with Gasteiger partial charge in [0.25, 0.3) is 5.91 Å². The molecule has 0 bridgehead atoms. The number of para-hydroxylation sites is 1. The minimum absolute atomic E-state index is 0.0570. The first-order chi connectivity index (χ1) is 13.0. The van der Waals surface area contributed by atoms with Gasteiger partial charge in [-0.1, -0.05) is 23.7 Å². The average molecular weight is 386 g/mol. The molecule has 0 unspecified atom stereocenters. The molecule has 1 aromatic heterocycles. The van der Waals surface area contributed by atoms with Crippen molar-refractivity contribution in [2.24, 2.45) is 0 Å². The molecule has 1 atom stereocenters. The molecule has 0 spiro atoms. The minimum atomic E-state index is -0.861. The Morgan fingerprint density at radius 2 is 1.96 bits per heavy atom. The van der Waals surface area contributed by atoms with Crippen LogP contribution in [0.2, 0.25) is 5.02 Å². The molecule has 1 aliphatic rings. The topological polar surface area (TPSA) is 88.9 Å². The van der Waals surface area contributed by atoms with Crippen molar-refractivity contribution in [1.82, 2.24) is 14.8 Å². The molecule has 0 aliphatic carbocycles. The predicted octanol–water partition coefficient (Wildman–Crippen LogP) is 3.26. The van der Waals surface area contributed by atoms with Crippen LogP contribution < -0.4 is 10.6 Å². The number of nitrogens with one attached hydrogen (secondary N) is 2. The summed E-state index contributed by atoms with van der Waals surface area (Å²) >= 11 is 5.88. The van der Waals surface area contributed by atoms with Crippen molar-refractivity contribution in [2.45, 2.75) is 12.5 Å². The Morgan fingerprint density at radius 1 is 1.22 bits per heavy atom. The SMILES string of the molecule is O=C(C[C@H]1C(=O)Nc2nc(-c3ccc(Cl)cc3)nn21)Nc1ccccc1F. The lowest BCUT2D eigenvalue weighted by atomic mass is 10.2. The summed E-state index contributed by atoms with van der Waals surface area (Å²) in [4.78, 5) is 28.7. The Bertz CT molecular complexity index is 1030. The third-order valence-electron chi connectivity index (χ3n) is 4.09. The number of rotatable bonds is 4. The standard InChI is InChI=1S/C18H13ClFN5O2/c19-11-7-5-10(6-8-11)16-22-18-23-17(27)14(25(18)24-16)9-15(26)21-13-4-2-1-3-12(13)20/h1-8,14H,9H2,(H,21,26)(H,22,23,24,27)/t14-/m0/s1. The van der Waals surface area contributed by atoms with Gasteiger partial charge in [0.1, 0.15) is 11.9 Å². The van der Waals surface area contributed by atoms with Crippen molar-refractivity contribution in [2.75, 3.05) is 10.6 Å². The van der Waals surface area contributed by atoms with Crippen molar-refractivity contribution in [3.8, 4) is 11.4 Å². The summed E-state index contributed by atoms with van der Waals surface area (Å²) in [5, 5.41) is 9.97. The molecule has 0 radical (unpaired) electrons. The van der Waals surface area contributed by atoms with Gasteiger partial charge in [0.15, 0.2) is 5.82 Å². The second kappa shape index (κ2) is 6.81. The number of benzene rings is 2. The second-order valence-corrected chi connectivity index (χ2v) is 6.38. The Kier molecular flexibility index (Phi) is 4.33. The van der Waals surface area contributed by atoms with Crippen LogP contribution in [0.25, 0.3) is 11.4 Å². The zero-order valence-corrected chi connectivity index (χ0v) is 14.6. The van der Waals surface area contributed by atoms with Gasteiger partial charge in [0.05, 0.1) is 12.1 Å². The summed E-state index contributed by atoms with van der Waals surface area (Å²) in [5.74, 6) is -0.781. The van der Waals surface area contributed by atoms with Crippen LogP contribution in [0.5, 0.6) is 0 Å². The minimum Gasteiger partial charge on any atom is -0.324 e. The summed E-state index contributed by atoms with van der Waals surface area (Å²) in [6.45, 7) is 0. The number of nitrogens with zero attached hydrogens (tertiary/aromatic N) is 3. The molecular formula is C18H13ClFN5O2. The monoisotopic (exact) mass is 385 g/mol. The zero-order chi connectivity index (χ0) is 19.0. The molecule has 0 fully saturated rings. The Balaban J connectivity index is 1.53. The number of carbonyl (C=O) groups is 2. The van der Waals surface area contributed by atoms with Gasteiger partial charge >= 0.3 is 0 Å². The number of carbonyl (C=O) groups excluding carboxylic acids is 2. The Hall–Kier alpha value is -3.26. The summed E-state index contributed by atoms with van der Waals surface area (Å²) in [6, 6.07) is 11.9. The number of hydrogen-bond acceptors (Lipinski definition) is 4. The molecule has 7 nitrogen and oxygen atoms in total. The van der Waals surface area contributed by atoms with E-state index in [0.717, 1.165) is 5.56 Å². The lowest BCUT2D eigenvalue weighted by molar-refractivity contribution is -0.123. The van der Waals surface area contributed by atoms with E-state index >= 15 is 0 Å². The molecule has 0 saturated heterocycles. The van der Waals surface area contributed by atoms with E-state index in [-0.39, 0.29) is 18.1 Å². The summed E-state index contributed by atoms with van der Waals surface area (Å²) in [6.07, 6.45) is -0.198. The van der Waals surface area contributed by atoms with Gasteiger partial charge in [-0.3, -0.25) is 14.9 Å². The number of fused-ring (bicyclic) bond motifs is 1. The largest absolute Gasteiger partial charge is 0.324 e. The summed E-state index contributed by atoms with van der Waals surface area (Å²) < 4.78 is 15.0. The van der Waals surface area contributed by atoms with Crippen LogP contribution in [0.15, 0.2) is 48.5 Å². The normalized spacial score (nSPS) is 15.3. The Labute approximate surface area is 158 Å². The van der Waals surface area contributed by atoms with E-state index in [1.807, 2.05) is 0 Å². The molecule has 2 aromatic carbocycles. The van der Waals surface area contributed by atoms with Gasteiger partial charge in [0, 0.05) is 10.6 Å². The first kappa shape index (κ1) is 17.2. The third-order valence-corrected chi connectivity index (χ3v) is 4.35. The highest BCUT2D eigenvalue weighted by Crippen LogP contribution is 2.29. The molecule has 9 heteroatoms. The predicted molar refractivity (Wildman–Crippen MR) is 97.8 cm³/mol. The zero-order valence-electron chi connectivity index (χ0n) is 13.8. The first-order valence-corrected chi connectivity index (χ1v) is 8.47. The van der Waals surface area contributed by atoms with Gasteiger partial charge < -0.3 is 5.32 Å². The number of aromatic nitrogens is 3. The van der Waals surface area contributed by atoms with Gasteiger partial charge in [-0.05, 0) is 36.4 Å². The fourth-order valence-corrected chi connectivity index (χ4v) is 2.90. The van der Waals surface area contributed by atoms with Crippen molar-refractivity contribution in [3.63, 3.8) is 0 Å². The van der Waals surface area contributed by atoms with Gasteiger partial charge in [-0.2, -0.15) is 4.98 Å². The van der Waals surface area contributed by atoms with Crippen molar-refractivity contribution in [3.05, 3.63) is 59.4 Å². The highest BCUT2D eigenvalue weighted by molar-refractivity contribution is 6.30. The van der Waals surface area contributed by atoms with E-state index in [9.17, 15) is 14.0 Å². The van der Waals surface area contributed by atoms with Crippen LogP contribution in [0, 0.1) is 5.82 Å². The first-order valence-electron chi connectivity index (χ1n) is 8.09. The molecule has 3 aromatic rings. The van der Waals surface area contributed by atoms with Crippen LogP contribution in [-0.2, 0) is 9.59 Å². The maximum atomic E-state index is 13.7. The molecule has 2 N–H and O–H groups in total. The number of amides is 2. The average Bonchev–Trinajstić information content (AvgIpc) is 3.17. The maximum absolute atomic E-state index is 13.7. The summed E-state index contributed by atoms with van der Waals surface area (Å²) in [5.41, 5.74) is 0.784. The number of hydrogen-bond donors (Lipinski definition) is 2. The Morgan fingerprint density at radius 3 is 2.70 bits per heavy atom. The van der Waals surface area contributed by atoms with Crippen LogP contribution >= 0.6 is 11.6 Å². The lowest BCUT2D eigenvalue weighted by Gasteiger charge is -2.10. The van der Waals surface area contributed by atoms with Crippen LogP contribution in [-0.4, -0.2) is 26.6 Å². The van der Waals surface area contributed by atoms with E-state index in [0.29, 0.717) is 10.8 Å². The van der Waals surface area contributed by atoms with E-state index in [1.165, 1.54) is 22.9 Å². The van der Waals surface area contributed by atoms with Crippen LogP contribution in [0.4, 0.5) is 16.0 Å². The lowest BCUT2D eigenvalue weighted by Crippen LogP contribution is -2.24. The summed E-state index contributed by atoms with van der Waals surface area (Å²) in [7, 11) is 0. The molecule has 4 rings (SSSR count). The van der Waals surface area contributed by atoms with Gasteiger partial charge in [0.2, 0.25) is 11.9 Å². The maximum Gasteiger partial charge on any atom is 0.252 e. The van der Waals surface area contributed by atoms with E-state index in [2.05, 4.69) is 20.7 Å². The second-order valence-electron chi connectivity index (χ2n) is 5.95. The van der Waals surface area contributed by atoms with Gasteiger partial charge in [-0.15, -0.1) is 5.10 Å². The highest BCUT2D eigenvalue weighted by Gasteiger charge is 2.35. The van der Waals surface area contributed by atoms with E-state index in [1.54, 1.807) is 30.3 Å². The quantitative estimate of drug-likeness (QED) is 0.721. The molecule has 2 amide bonds.